The summed E-state index contributed by atoms with van der Waals surface area (Å²) in [6.45, 7) is 8.01. The number of para-hydroxylation sites is 6. The van der Waals surface area contributed by atoms with E-state index in [0.717, 1.165) is 54.1 Å². The third kappa shape index (κ3) is 17.6. The standard InChI is InChI=1S/C9H10O2.C8H8O2.C7H6O2.3C3H6O2/c1-2-5-9-8(4-1)10-6-3-7-11-9;1-2-4-8-7(3-1)9-5-6-10-8;1-2-4-7-6(3-1)8-5-9-7;3*1-2-3(4)5/h1-2,4-5H,3,6-7H2;1-4H,5-6H2;1-4H,5H2;3*2H2,1H3,(H,4,5). The molecule has 0 unspecified atom stereocenters. The van der Waals surface area contributed by atoms with Gasteiger partial charge in [0.05, 0.1) is 13.2 Å². The summed E-state index contributed by atoms with van der Waals surface area (Å²) in [5.74, 6) is 2.90. The van der Waals surface area contributed by atoms with Gasteiger partial charge < -0.3 is 43.7 Å². The van der Waals surface area contributed by atoms with Gasteiger partial charge in [-0.15, -0.1) is 0 Å². The lowest BCUT2D eigenvalue weighted by Crippen LogP contribution is -2.14. The Labute approximate surface area is 263 Å². The van der Waals surface area contributed by atoms with Crippen LogP contribution in [0.5, 0.6) is 34.5 Å². The summed E-state index contributed by atoms with van der Waals surface area (Å²) in [6.07, 6.45) is 1.63. The number of hydrogen-bond acceptors (Lipinski definition) is 9. The summed E-state index contributed by atoms with van der Waals surface area (Å²) in [5.41, 5.74) is 0. The van der Waals surface area contributed by atoms with E-state index in [1.807, 2.05) is 72.8 Å². The lowest BCUT2D eigenvalue weighted by molar-refractivity contribution is -0.137. The normalized spacial score (nSPS) is 12.3. The number of aliphatic carboxylic acids is 3. The van der Waals surface area contributed by atoms with E-state index in [2.05, 4.69) is 0 Å². The summed E-state index contributed by atoms with van der Waals surface area (Å²) >= 11 is 0. The topological polar surface area (TPSA) is 167 Å². The molecule has 12 nitrogen and oxygen atoms in total. The molecular weight excluding hydrogens is 588 g/mol. The molecule has 45 heavy (non-hydrogen) atoms. The second-order valence-electron chi connectivity index (χ2n) is 8.74. The zero-order valence-electron chi connectivity index (χ0n) is 25.8. The Morgan fingerprint density at radius 1 is 0.467 bits per heavy atom. The highest BCUT2D eigenvalue weighted by Gasteiger charge is 2.10. The molecule has 0 aromatic heterocycles. The van der Waals surface area contributed by atoms with Crippen molar-refractivity contribution in [2.45, 2.75) is 46.5 Å². The molecule has 0 aliphatic carbocycles. The predicted octanol–water partition coefficient (Wildman–Crippen LogP) is 6.16. The quantitative estimate of drug-likeness (QED) is 0.302. The first-order chi connectivity index (χ1) is 21.7. The van der Waals surface area contributed by atoms with E-state index in [0.29, 0.717) is 20.0 Å². The van der Waals surface area contributed by atoms with E-state index < -0.39 is 17.9 Å². The number of benzene rings is 3. The maximum absolute atomic E-state index is 9.37. The summed E-state index contributed by atoms with van der Waals surface area (Å²) < 4.78 is 31.6. The smallest absolute Gasteiger partial charge is 0.303 e. The summed E-state index contributed by atoms with van der Waals surface area (Å²) in [7, 11) is 0. The van der Waals surface area contributed by atoms with Crippen LogP contribution < -0.4 is 28.4 Å². The van der Waals surface area contributed by atoms with Crippen LogP contribution in [0, 0.1) is 0 Å². The second-order valence-corrected chi connectivity index (χ2v) is 8.74. The molecule has 12 heteroatoms. The minimum absolute atomic E-state index is 0.222. The monoisotopic (exact) mass is 630 g/mol. The highest BCUT2D eigenvalue weighted by molar-refractivity contribution is 5.66. The molecule has 3 heterocycles. The van der Waals surface area contributed by atoms with Crippen molar-refractivity contribution < 1.29 is 58.1 Å². The Balaban J connectivity index is 0.000000280. The number of ether oxygens (including phenoxy) is 6. The van der Waals surface area contributed by atoms with Gasteiger partial charge in [0, 0.05) is 25.7 Å². The Kier molecular flexibility index (Phi) is 19.7. The van der Waals surface area contributed by atoms with Gasteiger partial charge >= 0.3 is 17.9 Å². The summed E-state index contributed by atoms with van der Waals surface area (Å²) in [6, 6.07) is 23.1. The van der Waals surface area contributed by atoms with E-state index in [9.17, 15) is 14.4 Å². The van der Waals surface area contributed by atoms with Gasteiger partial charge in [-0.05, 0) is 36.4 Å². The SMILES string of the molecule is CCC(=O)O.CCC(=O)O.CCC(=O)O.c1ccc2c(c1)OCCCO2.c1ccc2c(c1)OCCO2.c1ccc2c(c1)OCO2. The van der Waals surface area contributed by atoms with Crippen LogP contribution in [0.4, 0.5) is 0 Å². The molecule has 0 saturated carbocycles. The predicted molar refractivity (Wildman–Crippen MR) is 166 cm³/mol. The van der Waals surface area contributed by atoms with E-state index in [1.165, 1.54) is 0 Å². The highest BCUT2D eigenvalue weighted by atomic mass is 16.7. The van der Waals surface area contributed by atoms with Crippen LogP contribution in [0.25, 0.3) is 0 Å². The van der Waals surface area contributed by atoms with E-state index in [-0.39, 0.29) is 19.3 Å². The van der Waals surface area contributed by atoms with Crippen LogP contribution in [-0.2, 0) is 14.4 Å². The molecule has 3 N–H and O–H groups in total. The van der Waals surface area contributed by atoms with Gasteiger partial charge in [0.25, 0.3) is 0 Å². The number of carboxylic acid groups (broad SMARTS) is 3. The van der Waals surface area contributed by atoms with Gasteiger partial charge in [-0.2, -0.15) is 0 Å². The number of carboxylic acids is 3. The lowest BCUT2D eigenvalue weighted by Gasteiger charge is -2.17. The third-order valence-electron chi connectivity index (χ3n) is 5.29. The van der Waals surface area contributed by atoms with E-state index in [1.54, 1.807) is 20.8 Å². The van der Waals surface area contributed by atoms with Crippen LogP contribution in [0.15, 0.2) is 72.8 Å². The molecule has 0 bridgehead atoms. The molecule has 0 amide bonds. The number of carbonyl (C=O) groups is 3. The van der Waals surface area contributed by atoms with Crippen molar-refractivity contribution in [2.24, 2.45) is 0 Å². The van der Waals surface area contributed by atoms with Crippen LogP contribution in [0.3, 0.4) is 0 Å². The first-order valence-electron chi connectivity index (χ1n) is 14.4. The van der Waals surface area contributed by atoms with Gasteiger partial charge in [0.2, 0.25) is 6.79 Å². The van der Waals surface area contributed by atoms with Gasteiger partial charge in [0.15, 0.2) is 34.5 Å². The van der Waals surface area contributed by atoms with Crippen LogP contribution >= 0.6 is 0 Å². The first-order valence-corrected chi connectivity index (χ1v) is 14.4. The third-order valence-corrected chi connectivity index (χ3v) is 5.29. The number of hydrogen-bond donors (Lipinski definition) is 3. The molecule has 0 saturated heterocycles. The molecular formula is C33H42O12. The van der Waals surface area contributed by atoms with Gasteiger partial charge in [-0.25, -0.2) is 0 Å². The van der Waals surface area contributed by atoms with E-state index >= 15 is 0 Å². The fourth-order valence-electron chi connectivity index (χ4n) is 2.95. The number of fused-ring (bicyclic) bond motifs is 3. The van der Waals surface area contributed by atoms with Crippen LogP contribution in [0.1, 0.15) is 46.5 Å². The molecule has 0 spiro atoms. The molecule has 3 aliphatic rings. The maximum Gasteiger partial charge on any atom is 0.303 e. The molecule has 3 aromatic carbocycles. The molecule has 0 atom stereocenters. The average molecular weight is 631 g/mol. The van der Waals surface area contributed by atoms with Crippen molar-refractivity contribution in [2.75, 3.05) is 33.2 Å². The van der Waals surface area contributed by atoms with Gasteiger partial charge in [-0.3, -0.25) is 14.4 Å². The van der Waals surface area contributed by atoms with Crippen LogP contribution in [0.2, 0.25) is 0 Å². The zero-order valence-corrected chi connectivity index (χ0v) is 25.8. The fraction of sp³-hybridized carbons (Fsp3) is 0.364. The molecule has 0 radical (unpaired) electrons. The summed E-state index contributed by atoms with van der Waals surface area (Å²) in [4.78, 5) is 28.1. The van der Waals surface area contributed by atoms with Crippen molar-refractivity contribution in [3.05, 3.63) is 72.8 Å². The van der Waals surface area contributed by atoms with Crippen molar-refractivity contribution in [3.8, 4) is 34.5 Å². The summed E-state index contributed by atoms with van der Waals surface area (Å²) in [5, 5.41) is 23.2. The molecule has 3 aliphatic heterocycles. The number of rotatable bonds is 3. The lowest BCUT2D eigenvalue weighted by atomic mass is 10.3. The second kappa shape index (κ2) is 23.3. The van der Waals surface area contributed by atoms with Crippen molar-refractivity contribution in [1.29, 1.82) is 0 Å². The Morgan fingerprint density at radius 3 is 0.933 bits per heavy atom. The molecule has 0 fully saturated rings. The molecule has 6 rings (SSSR count). The molecule has 246 valence electrons. The minimum Gasteiger partial charge on any atom is -0.490 e. The van der Waals surface area contributed by atoms with Crippen molar-refractivity contribution >= 4 is 17.9 Å². The van der Waals surface area contributed by atoms with Gasteiger partial charge in [0.1, 0.15) is 13.2 Å². The fourth-order valence-corrected chi connectivity index (χ4v) is 2.95. The minimum atomic E-state index is -0.745. The Morgan fingerprint density at radius 2 is 0.689 bits per heavy atom. The average Bonchev–Trinajstić information content (AvgIpc) is 3.43. The van der Waals surface area contributed by atoms with Gasteiger partial charge in [-0.1, -0.05) is 57.2 Å². The highest BCUT2D eigenvalue weighted by Crippen LogP contribution is 2.30. The van der Waals surface area contributed by atoms with Crippen molar-refractivity contribution in [1.82, 2.24) is 0 Å². The van der Waals surface area contributed by atoms with E-state index in [4.69, 9.17) is 43.7 Å². The largest absolute Gasteiger partial charge is 0.490 e. The zero-order chi connectivity index (χ0) is 33.3. The van der Waals surface area contributed by atoms with Crippen molar-refractivity contribution in [3.63, 3.8) is 0 Å². The Bertz CT molecular complexity index is 1170. The van der Waals surface area contributed by atoms with Crippen LogP contribution in [-0.4, -0.2) is 66.4 Å². The Hall–Kier alpha value is -5.13. The first kappa shape index (κ1) is 37.9. The maximum atomic E-state index is 9.37. The molecule has 3 aromatic rings.